The van der Waals surface area contributed by atoms with Crippen LogP contribution in [0.5, 0.6) is 0 Å². The SMILES string of the molecule is CCCCCCCCCCCCC[N+](CCCCCCCCCCCC)(CCCCCCCCCCCC)CCCCCCCCCCCC. The predicted molar refractivity (Wildman–Crippen MR) is 232 cm³/mol. The summed E-state index contributed by atoms with van der Waals surface area (Å²) in [6.07, 6.45) is 60.2. The molecule has 0 unspecified atom stereocenters. The Kier molecular flexibility index (Phi) is 43.3. The number of quaternary nitrogens is 1. The summed E-state index contributed by atoms with van der Waals surface area (Å²) in [6.45, 7) is 15.3. The van der Waals surface area contributed by atoms with Crippen LogP contribution in [0.1, 0.15) is 291 Å². The first-order valence-corrected chi connectivity index (χ1v) is 24.6. The van der Waals surface area contributed by atoms with Gasteiger partial charge in [0.25, 0.3) is 0 Å². The van der Waals surface area contributed by atoms with Crippen LogP contribution in [0.25, 0.3) is 0 Å². The van der Waals surface area contributed by atoms with E-state index in [1.807, 2.05) is 0 Å². The Balaban J connectivity index is 4.87. The van der Waals surface area contributed by atoms with Crippen LogP contribution in [-0.4, -0.2) is 30.7 Å². The van der Waals surface area contributed by atoms with Gasteiger partial charge in [-0.25, -0.2) is 0 Å². The fraction of sp³-hybridized carbons (Fsp3) is 1.00. The van der Waals surface area contributed by atoms with E-state index >= 15 is 0 Å². The zero-order valence-electron chi connectivity index (χ0n) is 36.3. The lowest BCUT2D eigenvalue weighted by Gasteiger charge is -2.40. The van der Waals surface area contributed by atoms with E-state index < -0.39 is 0 Å². The maximum absolute atomic E-state index is 2.34. The number of unbranched alkanes of at least 4 members (excludes halogenated alkanes) is 37. The van der Waals surface area contributed by atoms with Crippen molar-refractivity contribution in [1.82, 2.24) is 0 Å². The Morgan fingerprint density at radius 2 is 0.280 bits per heavy atom. The van der Waals surface area contributed by atoms with E-state index in [0.717, 1.165) is 0 Å². The number of nitrogens with zero attached hydrogens (tertiary/aromatic N) is 1. The quantitative estimate of drug-likeness (QED) is 0.0437. The largest absolute Gasteiger partial charge is 0.324 e. The van der Waals surface area contributed by atoms with Gasteiger partial charge in [0.1, 0.15) is 0 Å². The Morgan fingerprint density at radius 3 is 0.420 bits per heavy atom. The molecule has 0 bridgehead atoms. The number of hydrogen-bond acceptors (Lipinski definition) is 0. The van der Waals surface area contributed by atoms with Gasteiger partial charge in [-0.3, -0.25) is 0 Å². The lowest BCUT2D eigenvalue weighted by molar-refractivity contribution is -0.929. The first-order valence-electron chi connectivity index (χ1n) is 24.6. The Labute approximate surface area is 320 Å². The van der Waals surface area contributed by atoms with Crippen LogP contribution in [0, 0.1) is 0 Å². The minimum absolute atomic E-state index is 1.37. The van der Waals surface area contributed by atoms with Gasteiger partial charge in [-0.15, -0.1) is 0 Å². The molecule has 0 saturated carbocycles. The molecule has 0 radical (unpaired) electrons. The van der Waals surface area contributed by atoms with Crippen molar-refractivity contribution in [3.63, 3.8) is 0 Å². The van der Waals surface area contributed by atoms with Gasteiger partial charge in [0.05, 0.1) is 26.2 Å². The van der Waals surface area contributed by atoms with Crippen LogP contribution in [0.15, 0.2) is 0 Å². The molecule has 0 saturated heterocycles. The molecule has 0 fully saturated rings. The highest BCUT2D eigenvalue weighted by molar-refractivity contribution is 4.56. The molecule has 0 aliphatic carbocycles. The molecule has 0 amide bonds. The third-order valence-corrected chi connectivity index (χ3v) is 12.2. The molecule has 1 heteroatoms. The number of rotatable bonds is 45. The van der Waals surface area contributed by atoms with Gasteiger partial charge >= 0.3 is 0 Å². The van der Waals surface area contributed by atoms with Crippen molar-refractivity contribution in [2.75, 3.05) is 26.2 Å². The first kappa shape index (κ1) is 50.0. The zero-order chi connectivity index (χ0) is 36.3. The molecular formula is C49H102N+. The second kappa shape index (κ2) is 43.4. The standard InChI is InChI=1S/C49H102N/c1-5-9-13-17-21-25-29-33-37-41-45-49-50(46-42-38-34-30-26-22-18-14-10-6-2,47-43-39-35-31-27-23-19-15-11-7-3)48-44-40-36-32-28-24-20-16-12-8-4/h5-49H2,1-4H3/q+1. The summed E-state index contributed by atoms with van der Waals surface area (Å²) in [6, 6.07) is 0. The van der Waals surface area contributed by atoms with E-state index in [2.05, 4.69) is 27.7 Å². The van der Waals surface area contributed by atoms with E-state index in [1.54, 1.807) is 0 Å². The van der Waals surface area contributed by atoms with Crippen LogP contribution in [0.2, 0.25) is 0 Å². The smallest absolute Gasteiger partial charge is 0.0786 e. The van der Waals surface area contributed by atoms with Crippen LogP contribution in [0.4, 0.5) is 0 Å². The Hall–Kier alpha value is -0.0400. The highest BCUT2D eigenvalue weighted by atomic mass is 15.3. The van der Waals surface area contributed by atoms with Gasteiger partial charge < -0.3 is 4.48 Å². The Bertz CT molecular complexity index is 524. The summed E-state index contributed by atoms with van der Waals surface area (Å²) in [5.74, 6) is 0. The molecule has 0 aliphatic heterocycles. The summed E-state index contributed by atoms with van der Waals surface area (Å²) < 4.78 is 1.49. The van der Waals surface area contributed by atoms with Crippen LogP contribution >= 0.6 is 0 Å². The minimum Gasteiger partial charge on any atom is -0.324 e. The molecule has 0 heterocycles. The minimum atomic E-state index is 1.37. The zero-order valence-corrected chi connectivity index (χ0v) is 36.3. The van der Waals surface area contributed by atoms with Crippen LogP contribution in [0.3, 0.4) is 0 Å². The summed E-state index contributed by atoms with van der Waals surface area (Å²) in [5.41, 5.74) is 0. The third kappa shape index (κ3) is 37.7. The molecule has 0 aromatic rings. The number of hydrogen-bond donors (Lipinski definition) is 0. The lowest BCUT2D eigenvalue weighted by Crippen LogP contribution is -2.50. The fourth-order valence-corrected chi connectivity index (χ4v) is 8.59. The van der Waals surface area contributed by atoms with Gasteiger partial charge in [-0.05, 0) is 51.4 Å². The second-order valence-corrected chi connectivity index (χ2v) is 17.3. The maximum atomic E-state index is 2.34. The van der Waals surface area contributed by atoms with E-state index in [4.69, 9.17) is 0 Å². The molecule has 0 aliphatic rings. The van der Waals surface area contributed by atoms with E-state index in [0.29, 0.717) is 0 Å². The molecule has 0 rings (SSSR count). The van der Waals surface area contributed by atoms with Crippen molar-refractivity contribution in [2.45, 2.75) is 291 Å². The molecule has 302 valence electrons. The molecule has 0 atom stereocenters. The maximum Gasteiger partial charge on any atom is 0.0786 e. The highest BCUT2D eigenvalue weighted by Gasteiger charge is 2.25. The van der Waals surface area contributed by atoms with Crippen molar-refractivity contribution in [3.8, 4) is 0 Å². The van der Waals surface area contributed by atoms with Crippen molar-refractivity contribution in [1.29, 1.82) is 0 Å². The van der Waals surface area contributed by atoms with Crippen LogP contribution < -0.4 is 0 Å². The summed E-state index contributed by atoms with van der Waals surface area (Å²) in [4.78, 5) is 0. The first-order chi connectivity index (χ1) is 24.7. The lowest BCUT2D eigenvalue weighted by atomic mass is 10.0. The molecular weight excluding hydrogens is 603 g/mol. The molecule has 1 nitrogen and oxygen atoms in total. The predicted octanol–water partition coefficient (Wildman–Crippen LogP) is 17.9. The van der Waals surface area contributed by atoms with Gasteiger partial charge in [0.15, 0.2) is 0 Å². The highest BCUT2D eigenvalue weighted by Crippen LogP contribution is 2.22. The molecule has 50 heavy (non-hydrogen) atoms. The average Bonchev–Trinajstić information content (AvgIpc) is 3.13. The van der Waals surface area contributed by atoms with Crippen molar-refractivity contribution >= 4 is 0 Å². The van der Waals surface area contributed by atoms with E-state index in [1.165, 1.54) is 294 Å². The molecule has 0 aromatic heterocycles. The van der Waals surface area contributed by atoms with E-state index in [9.17, 15) is 0 Å². The Morgan fingerprint density at radius 1 is 0.160 bits per heavy atom. The summed E-state index contributed by atoms with van der Waals surface area (Å²) >= 11 is 0. The van der Waals surface area contributed by atoms with Crippen LogP contribution in [-0.2, 0) is 0 Å². The van der Waals surface area contributed by atoms with E-state index in [-0.39, 0.29) is 0 Å². The third-order valence-electron chi connectivity index (χ3n) is 12.2. The van der Waals surface area contributed by atoms with Crippen molar-refractivity contribution < 1.29 is 4.48 Å². The fourth-order valence-electron chi connectivity index (χ4n) is 8.59. The van der Waals surface area contributed by atoms with Crippen molar-refractivity contribution in [3.05, 3.63) is 0 Å². The topological polar surface area (TPSA) is 0 Å². The second-order valence-electron chi connectivity index (χ2n) is 17.3. The summed E-state index contributed by atoms with van der Waals surface area (Å²) in [5, 5.41) is 0. The monoisotopic (exact) mass is 705 g/mol. The molecule has 0 aromatic carbocycles. The van der Waals surface area contributed by atoms with Crippen molar-refractivity contribution in [2.24, 2.45) is 0 Å². The van der Waals surface area contributed by atoms with Gasteiger partial charge in [-0.2, -0.15) is 0 Å². The van der Waals surface area contributed by atoms with Gasteiger partial charge in [0, 0.05) is 0 Å². The molecule has 0 N–H and O–H groups in total. The molecule has 0 spiro atoms. The normalized spacial score (nSPS) is 12.0. The van der Waals surface area contributed by atoms with Gasteiger partial charge in [-0.1, -0.05) is 240 Å². The summed E-state index contributed by atoms with van der Waals surface area (Å²) in [7, 11) is 0. The van der Waals surface area contributed by atoms with Gasteiger partial charge in [0.2, 0.25) is 0 Å². The average molecular weight is 705 g/mol.